The number of amides is 2. The summed E-state index contributed by atoms with van der Waals surface area (Å²) in [6, 6.07) is 5.09. The van der Waals surface area contributed by atoms with Crippen LogP contribution in [0.5, 0.6) is 0 Å². The second-order valence-corrected chi connectivity index (χ2v) is 6.24. The Morgan fingerprint density at radius 1 is 1.14 bits per heavy atom. The van der Waals surface area contributed by atoms with Crippen LogP contribution in [0.4, 0.5) is 5.69 Å². The summed E-state index contributed by atoms with van der Waals surface area (Å²) in [4.78, 5) is 39.4. The monoisotopic (exact) mass is 350 g/mol. The summed E-state index contributed by atoms with van der Waals surface area (Å²) in [5, 5.41) is 0. The third-order valence-corrected chi connectivity index (χ3v) is 4.43. The van der Waals surface area contributed by atoms with Gasteiger partial charge in [0.25, 0.3) is 11.7 Å². The molecule has 0 spiro atoms. The molecule has 1 aromatic rings. The number of carbonyl (C=O) groups is 3. The summed E-state index contributed by atoms with van der Waals surface area (Å²) in [5.41, 5.74) is 0.888. The minimum Gasteiger partial charge on any atom is -0.341 e. The lowest BCUT2D eigenvalue weighted by molar-refractivity contribution is -0.131. The first-order valence-corrected chi connectivity index (χ1v) is 7.81. The summed E-state index contributed by atoms with van der Waals surface area (Å²) in [7, 11) is 0. The number of hydrogen-bond donors (Lipinski definition) is 0. The zero-order valence-corrected chi connectivity index (χ0v) is 13.1. The Bertz CT molecular complexity index is 623. The van der Waals surface area contributed by atoms with Gasteiger partial charge in [-0.15, -0.1) is 0 Å². The van der Waals surface area contributed by atoms with Crippen LogP contribution in [0, 0.1) is 0 Å². The smallest absolute Gasteiger partial charge is 0.299 e. The van der Waals surface area contributed by atoms with Crippen LogP contribution in [-0.2, 0) is 9.59 Å². The highest BCUT2D eigenvalue weighted by Crippen LogP contribution is 2.31. The Kier molecular flexibility index (Phi) is 3.80. The van der Waals surface area contributed by atoms with Gasteiger partial charge in [-0.25, -0.2) is 0 Å². The number of ketones is 1. The molecular weight excluding hydrogens is 336 g/mol. The van der Waals surface area contributed by atoms with Gasteiger partial charge in [0, 0.05) is 17.6 Å². The van der Waals surface area contributed by atoms with Crippen molar-refractivity contribution in [1.29, 1.82) is 0 Å². The molecular formula is C15H15BrN2O3. The average molecular weight is 351 g/mol. The van der Waals surface area contributed by atoms with Crippen molar-refractivity contribution in [2.45, 2.75) is 19.3 Å². The van der Waals surface area contributed by atoms with E-state index in [0.717, 1.165) is 36.8 Å². The SMILES string of the molecule is O=C1C(=O)N(CC(=O)N2CCCCC2)c2ccc(Br)cc21. The third-order valence-electron chi connectivity index (χ3n) is 3.94. The molecule has 0 aromatic heterocycles. The molecule has 0 atom stereocenters. The minimum absolute atomic E-state index is 0.0563. The molecule has 2 aliphatic heterocycles. The molecule has 3 rings (SSSR count). The largest absolute Gasteiger partial charge is 0.341 e. The van der Waals surface area contributed by atoms with Gasteiger partial charge >= 0.3 is 0 Å². The van der Waals surface area contributed by atoms with Gasteiger partial charge in [-0.05, 0) is 37.5 Å². The molecule has 21 heavy (non-hydrogen) atoms. The number of piperidine rings is 1. The van der Waals surface area contributed by atoms with E-state index in [1.165, 1.54) is 4.90 Å². The van der Waals surface area contributed by atoms with Crippen molar-refractivity contribution in [2.24, 2.45) is 0 Å². The van der Waals surface area contributed by atoms with E-state index in [9.17, 15) is 14.4 Å². The number of rotatable bonds is 2. The van der Waals surface area contributed by atoms with E-state index >= 15 is 0 Å². The molecule has 2 aliphatic rings. The maximum Gasteiger partial charge on any atom is 0.299 e. The first-order valence-electron chi connectivity index (χ1n) is 7.01. The van der Waals surface area contributed by atoms with E-state index in [4.69, 9.17) is 0 Å². The molecule has 0 aliphatic carbocycles. The number of fused-ring (bicyclic) bond motifs is 1. The molecule has 0 radical (unpaired) electrons. The van der Waals surface area contributed by atoms with Crippen LogP contribution in [0.15, 0.2) is 22.7 Å². The maximum absolute atomic E-state index is 12.3. The Morgan fingerprint density at radius 3 is 2.57 bits per heavy atom. The second-order valence-electron chi connectivity index (χ2n) is 5.32. The zero-order chi connectivity index (χ0) is 15.0. The number of anilines is 1. The van der Waals surface area contributed by atoms with E-state index in [1.54, 1.807) is 23.1 Å². The predicted octanol–water partition coefficient (Wildman–Crippen LogP) is 1.99. The predicted molar refractivity (Wildman–Crippen MR) is 81.3 cm³/mol. The number of benzene rings is 1. The van der Waals surface area contributed by atoms with Gasteiger partial charge in [0.1, 0.15) is 6.54 Å². The van der Waals surface area contributed by atoms with E-state index < -0.39 is 11.7 Å². The number of carbonyl (C=O) groups excluding carboxylic acids is 3. The van der Waals surface area contributed by atoms with Crippen LogP contribution < -0.4 is 4.90 Å². The summed E-state index contributed by atoms with van der Waals surface area (Å²) < 4.78 is 0.742. The summed E-state index contributed by atoms with van der Waals surface area (Å²) in [6.45, 7) is 1.42. The van der Waals surface area contributed by atoms with E-state index in [0.29, 0.717) is 11.3 Å². The Balaban J connectivity index is 1.81. The van der Waals surface area contributed by atoms with Crippen LogP contribution in [0.3, 0.4) is 0 Å². The highest BCUT2D eigenvalue weighted by molar-refractivity contribution is 9.10. The molecule has 2 amide bonds. The van der Waals surface area contributed by atoms with Crippen molar-refractivity contribution in [3.63, 3.8) is 0 Å². The van der Waals surface area contributed by atoms with Crippen molar-refractivity contribution in [3.05, 3.63) is 28.2 Å². The molecule has 2 heterocycles. The first-order chi connectivity index (χ1) is 10.1. The normalized spacial score (nSPS) is 18.1. The maximum atomic E-state index is 12.3. The number of likely N-dealkylation sites (tertiary alicyclic amines) is 1. The van der Waals surface area contributed by atoms with Crippen molar-refractivity contribution in [1.82, 2.24) is 4.90 Å². The molecule has 5 nitrogen and oxygen atoms in total. The number of Topliss-reactive ketones (excluding diaryl/α,β-unsaturated/α-hetero) is 1. The number of hydrogen-bond acceptors (Lipinski definition) is 3. The van der Waals surface area contributed by atoms with Gasteiger partial charge in [-0.3, -0.25) is 19.3 Å². The summed E-state index contributed by atoms with van der Waals surface area (Å²) in [5.74, 6) is -1.25. The van der Waals surface area contributed by atoms with Crippen molar-refractivity contribution >= 4 is 39.2 Å². The first kappa shape index (κ1) is 14.3. The molecule has 0 bridgehead atoms. The standard InChI is InChI=1S/C15H15BrN2O3/c16-10-4-5-12-11(8-10)14(20)15(21)18(12)9-13(19)17-6-2-1-3-7-17/h4-5,8H,1-3,6-7,9H2. The third kappa shape index (κ3) is 2.60. The van der Waals surface area contributed by atoms with E-state index in [2.05, 4.69) is 15.9 Å². The average Bonchev–Trinajstić information content (AvgIpc) is 2.73. The van der Waals surface area contributed by atoms with Gasteiger partial charge in [0.15, 0.2) is 0 Å². The molecule has 1 fully saturated rings. The number of nitrogens with zero attached hydrogens (tertiary/aromatic N) is 2. The lowest BCUT2D eigenvalue weighted by Crippen LogP contribution is -2.44. The summed E-state index contributed by atoms with van der Waals surface area (Å²) in [6.07, 6.45) is 3.14. The molecule has 1 saturated heterocycles. The fraction of sp³-hybridized carbons (Fsp3) is 0.400. The van der Waals surface area contributed by atoms with Crippen molar-refractivity contribution in [2.75, 3.05) is 24.5 Å². The van der Waals surface area contributed by atoms with Crippen molar-refractivity contribution in [3.8, 4) is 0 Å². The van der Waals surface area contributed by atoms with E-state index in [-0.39, 0.29) is 12.5 Å². The quantitative estimate of drug-likeness (QED) is 0.766. The van der Waals surface area contributed by atoms with Gasteiger partial charge in [0.2, 0.25) is 5.91 Å². The van der Waals surface area contributed by atoms with Gasteiger partial charge < -0.3 is 4.90 Å². The Morgan fingerprint density at radius 2 is 1.86 bits per heavy atom. The molecule has 0 unspecified atom stereocenters. The van der Waals surface area contributed by atoms with Gasteiger partial charge in [0.05, 0.1) is 11.3 Å². The molecule has 0 N–H and O–H groups in total. The van der Waals surface area contributed by atoms with Crippen molar-refractivity contribution < 1.29 is 14.4 Å². The van der Waals surface area contributed by atoms with Gasteiger partial charge in [-0.1, -0.05) is 15.9 Å². The Hall–Kier alpha value is -1.69. The van der Waals surface area contributed by atoms with E-state index in [1.807, 2.05) is 0 Å². The van der Waals surface area contributed by atoms with Gasteiger partial charge in [-0.2, -0.15) is 0 Å². The topological polar surface area (TPSA) is 57.7 Å². The lowest BCUT2D eigenvalue weighted by Gasteiger charge is -2.28. The van der Waals surface area contributed by atoms with Crippen LogP contribution in [0.1, 0.15) is 29.6 Å². The fourth-order valence-corrected chi connectivity index (χ4v) is 3.17. The summed E-state index contributed by atoms with van der Waals surface area (Å²) >= 11 is 3.29. The zero-order valence-electron chi connectivity index (χ0n) is 11.5. The minimum atomic E-state index is -0.617. The second kappa shape index (κ2) is 5.60. The molecule has 6 heteroatoms. The van der Waals surface area contributed by atoms with Crippen LogP contribution in [0.2, 0.25) is 0 Å². The molecule has 1 aromatic carbocycles. The fourth-order valence-electron chi connectivity index (χ4n) is 2.81. The van der Waals surface area contributed by atoms with Crippen LogP contribution >= 0.6 is 15.9 Å². The Labute approximate surface area is 131 Å². The van der Waals surface area contributed by atoms with Crippen LogP contribution in [-0.4, -0.2) is 42.1 Å². The molecule has 0 saturated carbocycles. The highest BCUT2D eigenvalue weighted by Gasteiger charge is 2.37. The lowest BCUT2D eigenvalue weighted by atomic mass is 10.1. The highest BCUT2D eigenvalue weighted by atomic mass is 79.9. The molecule has 110 valence electrons. The van der Waals surface area contributed by atoms with Crippen LogP contribution in [0.25, 0.3) is 0 Å². The number of halogens is 1.